The van der Waals surface area contributed by atoms with Crippen molar-refractivity contribution < 1.29 is 8.42 Å². The maximum absolute atomic E-state index is 12.9. The molecule has 2 fully saturated rings. The van der Waals surface area contributed by atoms with Crippen molar-refractivity contribution >= 4 is 16.0 Å². The van der Waals surface area contributed by atoms with Crippen molar-refractivity contribution in [3.63, 3.8) is 0 Å². The smallest absolute Gasteiger partial charge is 0.262 e. The van der Waals surface area contributed by atoms with Crippen molar-refractivity contribution in [3.8, 4) is 16.9 Å². The third kappa shape index (κ3) is 6.53. The van der Waals surface area contributed by atoms with Crippen LogP contribution in [0.2, 0.25) is 0 Å². The van der Waals surface area contributed by atoms with Crippen molar-refractivity contribution in [3.05, 3.63) is 60.2 Å². The van der Waals surface area contributed by atoms with Crippen molar-refractivity contribution in [2.45, 2.75) is 51.2 Å². The Morgan fingerprint density at radius 3 is 2.36 bits per heavy atom. The number of likely N-dealkylation sites (N-methyl/N-ethyl adjacent to an activating group) is 1. The highest BCUT2D eigenvalue weighted by Gasteiger charge is 2.31. The number of imidazole rings is 1. The third-order valence-corrected chi connectivity index (χ3v) is 10.3. The van der Waals surface area contributed by atoms with E-state index >= 15 is 0 Å². The molecule has 0 radical (unpaired) electrons. The molecule has 0 bridgehead atoms. The minimum atomic E-state index is -3.60. The maximum Gasteiger partial charge on any atom is 0.262 e. The van der Waals surface area contributed by atoms with E-state index in [1.807, 2.05) is 37.1 Å². The molecule has 0 aromatic carbocycles. The number of nitrogens with one attached hydrogen (secondary N) is 1. The van der Waals surface area contributed by atoms with Crippen LogP contribution in [-0.4, -0.2) is 109 Å². The topological polar surface area (TPSA) is 130 Å². The Morgan fingerprint density at radius 1 is 0.932 bits per heavy atom. The number of piperidine rings is 1. The molecular weight excluding hydrogens is 578 g/mol. The van der Waals surface area contributed by atoms with Gasteiger partial charge in [0.25, 0.3) is 10.0 Å². The molecule has 234 valence electrons. The zero-order valence-electron chi connectivity index (χ0n) is 25.9. The molecule has 0 amide bonds. The molecule has 0 atom stereocenters. The Bertz CT molecular complexity index is 1700. The van der Waals surface area contributed by atoms with Gasteiger partial charge in [0.05, 0.1) is 35.3 Å². The molecule has 2 aliphatic heterocycles. The lowest BCUT2D eigenvalue weighted by Crippen LogP contribution is -2.45. The Balaban J connectivity index is 1.09. The van der Waals surface area contributed by atoms with Crippen LogP contribution in [0.25, 0.3) is 16.9 Å². The molecule has 0 spiro atoms. The number of nitrogens with zero attached hydrogens (tertiary/aromatic N) is 10. The van der Waals surface area contributed by atoms with Crippen molar-refractivity contribution in [2.75, 3.05) is 51.1 Å². The van der Waals surface area contributed by atoms with Gasteiger partial charge in [0.2, 0.25) is 5.95 Å². The van der Waals surface area contributed by atoms with E-state index in [0.717, 1.165) is 73.2 Å². The molecule has 2 saturated heterocycles. The molecule has 13 nitrogen and oxygen atoms in total. The fourth-order valence-electron chi connectivity index (χ4n) is 5.89. The zero-order valence-corrected chi connectivity index (χ0v) is 26.7. The minimum Gasteiger partial charge on any atom is -0.351 e. The highest BCUT2D eigenvalue weighted by Crippen LogP contribution is 2.25. The Hall–Kier alpha value is -3.72. The van der Waals surface area contributed by atoms with Crippen LogP contribution in [0.1, 0.15) is 36.7 Å². The minimum absolute atomic E-state index is 0.0613. The van der Waals surface area contributed by atoms with Gasteiger partial charge in [0.15, 0.2) is 5.03 Å². The molecule has 0 aliphatic carbocycles. The standard InChI is InChI=1S/C30H41N11O2S/c1-5-38-12-14-39(15-13-38)19-26-6-7-27(23(3)34-26)41-18-24(17-33-41)29-22(2)16-31-30(36-29)35-25-8-10-40(11-9-25)44(42,43)28-20-37(4)21-32-28/h6-7,16-18,20-21,25H,5,8-15,19H2,1-4H3,(H,31,35,36). The van der Waals surface area contributed by atoms with Gasteiger partial charge in [-0.1, -0.05) is 6.92 Å². The quantitative estimate of drug-likeness (QED) is 0.298. The Kier molecular flexibility index (Phi) is 8.76. The molecule has 6 heterocycles. The first kappa shape index (κ1) is 30.3. The summed E-state index contributed by atoms with van der Waals surface area (Å²) in [6, 6.07) is 4.25. The lowest BCUT2D eigenvalue weighted by molar-refractivity contribution is 0.131. The van der Waals surface area contributed by atoms with Crippen molar-refractivity contribution in [2.24, 2.45) is 7.05 Å². The molecule has 4 aromatic heterocycles. The number of hydrogen-bond acceptors (Lipinski definition) is 10. The molecule has 2 aliphatic rings. The summed E-state index contributed by atoms with van der Waals surface area (Å²) < 4.78 is 30.9. The lowest BCUT2D eigenvalue weighted by atomic mass is 10.1. The third-order valence-electron chi connectivity index (χ3n) is 8.56. The summed E-state index contributed by atoms with van der Waals surface area (Å²) in [5.74, 6) is 0.520. The van der Waals surface area contributed by atoms with Gasteiger partial charge in [0.1, 0.15) is 0 Å². The van der Waals surface area contributed by atoms with Gasteiger partial charge in [-0.3, -0.25) is 9.88 Å². The Morgan fingerprint density at radius 2 is 1.68 bits per heavy atom. The number of anilines is 1. The van der Waals surface area contributed by atoms with E-state index in [4.69, 9.17) is 9.97 Å². The molecule has 1 N–H and O–H groups in total. The number of sulfonamides is 1. The van der Waals surface area contributed by atoms with Crippen molar-refractivity contribution in [1.82, 2.24) is 48.4 Å². The van der Waals surface area contributed by atoms with Crippen molar-refractivity contribution in [1.29, 1.82) is 0 Å². The normalized spacial score (nSPS) is 17.7. The van der Waals surface area contributed by atoms with Gasteiger partial charge in [-0.15, -0.1) is 0 Å². The van der Waals surface area contributed by atoms with Crippen LogP contribution in [-0.2, 0) is 23.6 Å². The highest BCUT2D eigenvalue weighted by molar-refractivity contribution is 7.89. The van der Waals surface area contributed by atoms with Gasteiger partial charge in [-0.2, -0.15) is 9.40 Å². The van der Waals surface area contributed by atoms with Crippen LogP contribution in [0.15, 0.2) is 48.3 Å². The van der Waals surface area contributed by atoms with E-state index in [1.54, 1.807) is 11.6 Å². The summed E-state index contributed by atoms with van der Waals surface area (Å²) in [5, 5.41) is 8.15. The molecular formula is C30H41N11O2S. The molecule has 14 heteroatoms. The van der Waals surface area contributed by atoms with Gasteiger partial charge >= 0.3 is 0 Å². The van der Waals surface area contributed by atoms with E-state index in [-0.39, 0.29) is 11.1 Å². The number of hydrogen-bond donors (Lipinski definition) is 1. The molecule has 0 unspecified atom stereocenters. The fraction of sp³-hybridized carbons (Fsp3) is 0.500. The summed E-state index contributed by atoms with van der Waals surface area (Å²) in [6.07, 6.45) is 9.94. The fourth-order valence-corrected chi connectivity index (χ4v) is 7.32. The summed E-state index contributed by atoms with van der Waals surface area (Å²) in [7, 11) is -1.84. The molecule has 6 rings (SSSR count). The van der Waals surface area contributed by atoms with Gasteiger partial charge in [-0.05, 0) is 50.9 Å². The van der Waals surface area contributed by atoms with Crippen LogP contribution >= 0.6 is 0 Å². The molecule has 44 heavy (non-hydrogen) atoms. The number of aryl methyl sites for hydroxylation is 3. The van der Waals surface area contributed by atoms with Crippen LogP contribution in [0, 0.1) is 13.8 Å². The second kappa shape index (κ2) is 12.7. The van der Waals surface area contributed by atoms with Gasteiger partial charge < -0.3 is 14.8 Å². The maximum atomic E-state index is 12.9. The first-order chi connectivity index (χ1) is 21.2. The van der Waals surface area contributed by atoms with Gasteiger partial charge in [0, 0.05) is 83.1 Å². The van der Waals surface area contributed by atoms with E-state index in [2.05, 4.69) is 49.2 Å². The monoisotopic (exact) mass is 619 g/mol. The molecule has 0 saturated carbocycles. The summed E-state index contributed by atoms with van der Waals surface area (Å²) in [6.45, 7) is 13.4. The summed E-state index contributed by atoms with van der Waals surface area (Å²) in [4.78, 5) is 23.2. The lowest BCUT2D eigenvalue weighted by Gasteiger charge is -2.33. The van der Waals surface area contributed by atoms with Crippen LogP contribution in [0.5, 0.6) is 0 Å². The largest absolute Gasteiger partial charge is 0.351 e. The van der Waals surface area contributed by atoms with E-state index in [0.29, 0.717) is 31.9 Å². The summed E-state index contributed by atoms with van der Waals surface area (Å²) in [5.41, 5.74) is 5.58. The SMILES string of the molecule is CCN1CCN(Cc2ccc(-n3cc(-c4nc(NC5CCN(S(=O)(=O)c6cn(C)cn6)CC5)ncc4C)cn3)c(C)n2)CC1. The highest BCUT2D eigenvalue weighted by atomic mass is 32.2. The average Bonchev–Trinajstić information content (AvgIpc) is 3.69. The summed E-state index contributed by atoms with van der Waals surface area (Å²) >= 11 is 0. The van der Waals surface area contributed by atoms with Crippen LogP contribution in [0.4, 0.5) is 5.95 Å². The number of pyridine rings is 1. The average molecular weight is 620 g/mol. The van der Waals surface area contributed by atoms with Gasteiger partial charge in [-0.25, -0.2) is 28.1 Å². The first-order valence-corrected chi connectivity index (χ1v) is 16.7. The van der Waals surface area contributed by atoms with E-state index < -0.39 is 10.0 Å². The number of rotatable bonds is 9. The van der Waals surface area contributed by atoms with Crippen LogP contribution in [0.3, 0.4) is 0 Å². The first-order valence-electron chi connectivity index (χ1n) is 15.2. The van der Waals surface area contributed by atoms with E-state index in [9.17, 15) is 8.42 Å². The Labute approximate surface area is 259 Å². The number of aromatic nitrogens is 7. The molecule has 4 aromatic rings. The number of piperazine rings is 1. The second-order valence-corrected chi connectivity index (χ2v) is 13.6. The predicted octanol–water partition coefficient (Wildman–Crippen LogP) is 2.48. The van der Waals surface area contributed by atoms with E-state index in [1.165, 1.54) is 16.8 Å². The van der Waals surface area contributed by atoms with Crippen LogP contribution < -0.4 is 5.32 Å². The second-order valence-electron chi connectivity index (χ2n) is 11.7. The zero-order chi connectivity index (χ0) is 30.8. The predicted molar refractivity (Wildman–Crippen MR) is 168 cm³/mol.